The summed E-state index contributed by atoms with van der Waals surface area (Å²) in [6.45, 7) is 5.59. The van der Waals surface area contributed by atoms with Gasteiger partial charge in [0.05, 0.1) is 18.3 Å². The van der Waals surface area contributed by atoms with Gasteiger partial charge in [0, 0.05) is 11.8 Å². The van der Waals surface area contributed by atoms with Gasteiger partial charge in [-0.3, -0.25) is 4.79 Å². The molecule has 2 atom stereocenters. The zero-order chi connectivity index (χ0) is 20.5. The van der Waals surface area contributed by atoms with Crippen molar-refractivity contribution in [3.05, 3.63) is 48.0 Å². The molecule has 6 heteroatoms. The van der Waals surface area contributed by atoms with Gasteiger partial charge in [-0.2, -0.15) is 13.2 Å². The molecule has 0 aromatic heterocycles. The number of hydrogen-bond acceptors (Lipinski definition) is 3. The quantitative estimate of drug-likeness (QED) is 0.601. The minimum absolute atomic E-state index is 0.101. The SMILES string of the molecule is CC(=O)C1CC1COc1ccc(-c2cc(OC(C)C)cc(C(F)(F)F)c2)cc1. The van der Waals surface area contributed by atoms with Crippen molar-refractivity contribution in [1.82, 2.24) is 0 Å². The smallest absolute Gasteiger partial charge is 0.416 e. The van der Waals surface area contributed by atoms with Crippen LogP contribution in [0.15, 0.2) is 42.5 Å². The van der Waals surface area contributed by atoms with Crippen molar-refractivity contribution >= 4 is 5.78 Å². The Balaban J connectivity index is 1.76. The average Bonchev–Trinajstić information content (AvgIpc) is 3.39. The van der Waals surface area contributed by atoms with E-state index in [2.05, 4.69) is 0 Å². The Kier molecular flexibility index (Phi) is 5.68. The molecule has 0 aliphatic heterocycles. The fourth-order valence-corrected chi connectivity index (χ4v) is 3.15. The summed E-state index contributed by atoms with van der Waals surface area (Å²) in [7, 11) is 0. The monoisotopic (exact) mass is 392 g/mol. The van der Waals surface area contributed by atoms with Gasteiger partial charge in [-0.05, 0) is 68.7 Å². The molecule has 3 nitrogen and oxygen atoms in total. The van der Waals surface area contributed by atoms with Crippen LogP contribution in [0.4, 0.5) is 13.2 Å². The number of Topliss-reactive ketones (excluding diaryl/α,β-unsaturated/α-hetero) is 1. The first kappa shape index (κ1) is 20.2. The van der Waals surface area contributed by atoms with Crippen LogP contribution in [0.2, 0.25) is 0 Å². The molecule has 150 valence electrons. The maximum absolute atomic E-state index is 13.2. The Morgan fingerprint density at radius 3 is 2.29 bits per heavy atom. The van der Waals surface area contributed by atoms with Crippen LogP contribution in [-0.2, 0) is 11.0 Å². The Morgan fingerprint density at radius 2 is 1.75 bits per heavy atom. The number of carbonyl (C=O) groups is 1. The second-order valence-electron chi connectivity index (χ2n) is 7.46. The molecule has 1 saturated carbocycles. The molecule has 1 aliphatic rings. The lowest BCUT2D eigenvalue weighted by Crippen LogP contribution is -2.09. The molecule has 0 N–H and O–H groups in total. The normalized spacial score (nSPS) is 18.8. The fourth-order valence-electron chi connectivity index (χ4n) is 3.15. The topological polar surface area (TPSA) is 35.5 Å². The van der Waals surface area contributed by atoms with Gasteiger partial charge in [0.15, 0.2) is 0 Å². The molecule has 28 heavy (non-hydrogen) atoms. The summed E-state index contributed by atoms with van der Waals surface area (Å²) in [5, 5.41) is 0. The summed E-state index contributed by atoms with van der Waals surface area (Å²) < 4.78 is 50.9. The zero-order valence-corrected chi connectivity index (χ0v) is 16.0. The number of ketones is 1. The highest BCUT2D eigenvalue weighted by Gasteiger charge is 2.41. The van der Waals surface area contributed by atoms with Crippen molar-refractivity contribution in [1.29, 1.82) is 0 Å². The van der Waals surface area contributed by atoms with Crippen LogP contribution in [0.3, 0.4) is 0 Å². The highest BCUT2D eigenvalue weighted by atomic mass is 19.4. The van der Waals surface area contributed by atoms with E-state index < -0.39 is 11.7 Å². The van der Waals surface area contributed by atoms with Crippen molar-refractivity contribution in [2.45, 2.75) is 39.5 Å². The largest absolute Gasteiger partial charge is 0.493 e. The van der Waals surface area contributed by atoms with Crippen molar-refractivity contribution < 1.29 is 27.4 Å². The van der Waals surface area contributed by atoms with E-state index in [1.165, 1.54) is 0 Å². The molecular weight excluding hydrogens is 369 g/mol. The van der Waals surface area contributed by atoms with Gasteiger partial charge >= 0.3 is 6.18 Å². The van der Waals surface area contributed by atoms with E-state index in [1.54, 1.807) is 51.1 Å². The molecule has 2 unspecified atom stereocenters. The summed E-state index contributed by atoms with van der Waals surface area (Å²) in [6, 6.07) is 10.6. The zero-order valence-electron chi connectivity index (χ0n) is 16.0. The molecule has 0 heterocycles. The Bertz CT molecular complexity index is 841. The predicted octanol–water partition coefficient (Wildman–Crippen LogP) is 5.76. The third-order valence-electron chi connectivity index (χ3n) is 4.70. The van der Waals surface area contributed by atoms with E-state index in [4.69, 9.17) is 9.47 Å². The van der Waals surface area contributed by atoms with Crippen molar-refractivity contribution in [2.75, 3.05) is 6.61 Å². The number of benzene rings is 2. The molecule has 0 saturated heterocycles. The lowest BCUT2D eigenvalue weighted by molar-refractivity contribution is -0.137. The number of halogens is 3. The summed E-state index contributed by atoms with van der Waals surface area (Å²) in [5.41, 5.74) is 0.320. The van der Waals surface area contributed by atoms with Gasteiger partial charge in [0.25, 0.3) is 0 Å². The minimum atomic E-state index is -4.45. The first-order valence-corrected chi connectivity index (χ1v) is 9.26. The average molecular weight is 392 g/mol. The van der Waals surface area contributed by atoms with Gasteiger partial charge in [0.2, 0.25) is 0 Å². The van der Waals surface area contributed by atoms with Gasteiger partial charge < -0.3 is 9.47 Å². The third-order valence-corrected chi connectivity index (χ3v) is 4.70. The number of hydrogen-bond donors (Lipinski definition) is 0. The van der Waals surface area contributed by atoms with E-state index in [-0.39, 0.29) is 29.5 Å². The summed E-state index contributed by atoms with van der Waals surface area (Å²) in [5.74, 6) is 1.36. The van der Waals surface area contributed by atoms with Gasteiger partial charge in [-0.15, -0.1) is 0 Å². The van der Waals surface area contributed by atoms with Gasteiger partial charge in [-0.1, -0.05) is 12.1 Å². The summed E-state index contributed by atoms with van der Waals surface area (Å²) in [4.78, 5) is 11.3. The standard InChI is InChI=1S/C22H23F3O3/c1-13(2)28-20-9-16(8-18(11-20)22(23,24)25)15-4-6-19(7-5-15)27-12-17-10-21(17)14(3)26/h4-9,11,13,17,21H,10,12H2,1-3H3. The number of carbonyl (C=O) groups excluding carboxylic acids is 1. The van der Waals surface area contributed by atoms with Gasteiger partial charge in [0.1, 0.15) is 17.3 Å². The molecule has 0 bridgehead atoms. The highest BCUT2D eigenvalue weighted by Crippen LogP contribution is 2.40. The molecule has 0 spiro atoms. The van der Waals surface area contributed by atoms with E-state index >= 15 is 0 Å². The van der Waals surface area contributed by atoms with Crippen LogP contribution in [0.5, 0.6) is 11.5 Å². The van der Waals surface area contributed by atoms with Crippen molar-refractivity contribution in [3.8, 4) is 22.6 Å². The Morgan fingerprint density at radius 1 is 1.07 bits per heavy atom. The van der Waals surface area contributed by atoms with Crippen LogP contribution in [0.25, 0.3) is 11.1 Å². The number of alkyl halides is 3. The van der Waals surface area contributed by atoms with Crippen LogP contribution in [0.1, 0.15) is 32.8 Å². The van der Waals surface area contributed by atoms with E-state index in [1.807, 2.05) is 0 Å². The molecule has 2 aromatic carbocycles. The van der Waals surface area contributed by atoms with Crippen molar-refractivity contribution in [3.63, 3.8) is 0 Å². The van der Waals surface area contributed by atoms with Crippen LogP contribution < -0.4 is 9.47 Å². The maximum atomic E-state index is 13.2. The molecule has 3 rings (SSSR count). The molecule has 2 aromatic rings. The van der Waals surface area contributed by atoms with Crippen LogP contribution in [0, 0.1) is 11.8 Å². The first-order chi connectivity index (χ1) is 13.1. The summed E-state index contributed by atoms with van der Waals surface area (Å²) >= 11 is 0. The first-order valence-electron chi connectivity index (χ1n) is 9.26. The minimum Gasteiger partial charge on any atom is -0.493 e. The second-order valence-corrected chi connectivity index (χ2v) is 7.46. The predicted molar refractivity (Wildman–Crippen MR) is 100 cm³/mol. The van der Waals surface area contributed by atoms with Crippen LogP contribution >= 0.6 is 0 Å². The molecule has 1 aliphatic carbocycles. The van der Waals surface area contributed by atoms with Crippen LogP contribution in [-0.4, -0.2) is 18.5 Å². The maximum Gasteiger partial charge on any atom is 0.416 e. The lowest BCUT2D eigenvalue weighted by atomic mass is 10.0. The Labute approximate surface area is 162 Å². The number of ether oxygens (including phenoxy) is 2. The summed E-state index contributed by atoms with van der Waals surface area (Å²) in [6.07, 6.45) is -3.82. The third kappa shape index (κ3) is 5.06. The lowest BCUT2D eigenvalue weighted by Gasteiger charge is -2.15. The van der Waals surface area contributed by atoms with E-state index in [0.29, 0.717) is 23.5 Å². The Hall–Kier alpha value is -2.50. The molecule has 0 amide bonds. The second kappa shape index (κ2) is 7.86. The van der Waals surface area contributed by atoms with E-state index in [9.17, 15) is 18.0 Å². The highest BCUT2D eigenvalue weighted by molar-refractivity contribution is 5.81. The van der Waals surface area contributed by atoms with Crippen molar-refractivity contribution in [2.24, 2.45) is 11.8 Å². The molecule has 0 radical (unpaired) electrons. The number of rotatable bonds is 7. The van der Waals surface area contributed by atoms with Gasteiger partial charge in [-0.25, -0.2) is 0 Å². The molecule has 1 fully saturated rings. The van der Waals surface area contributed by atoms with E-state index in [0.717, 1.165) is 18.6 Å². The fraction of sp³-hybridized carbons (Fsp3) is 0.409. The molecular formula is C22H23F3O3.